The molecule has 9 nitrogen and oxygen atoms in total. The summed E-state index contributed by atoms with van der Waals surface area (Å²) in [5, 5.41) is 14.5. The zero-order valence-electron chi connectivity index (χ0n) is 21.1. The molecule has 0 bridgehead atoms. The van der Waals surface area contributed by atoms with Gasteiger partial charge in [-0.3, -0.25) is 18.9 Å². The zero-order chi connectivity index (χ0) is 26.6. The molecule has 0 fully saturated rings. The summed E-state index contributed by atoms with van der Waals surface area (Å²) in [6.07, 6.45) is 7.93. The van der Waals surface area contributed by atoms with Crippen molar-refractivity contribution in [1.29, 1.82) is 0 Å². The van der Waals surface area contributed by atoms with E-state index in [2.05, 4.69) is 32.5 Å². The van der Waals surface area contributed by atoms with Crippen LogP contribution in [-0.4, -0.2) is 40.5 Å². The number of carbonyl (C=O) groups is 1. The Bertz CT molecular complexity index is 1640. The van der Waals surface area contributed by atoms with Crippen LogP contribution in [0.15, 0.2) is 71.9 Å². The van der Waals surface area contributed by atoms with Crippen molar-refractivity contribution in [3.8, 4) is 28.2 Å². The van der Waals surface area contributed by atoms with Crippen LogP contribution >= 0.6 is 11.6 Å². The molecule has 0 spiro atoms. The molecule has 0 saturated carbocycles. The van der Waals surface area contributed by atoms with Crippen molar-refractivity contribution >= 4 is 17.4 Å². The normalized spacial score (nSPS) is 11.1. The van der Waals surface area contributed by atoms with E-state index in [1.165, 1.54) is 11.5 Å². The van der Waals surface area contributed by atoms with E-state index in [0.29, 0.717) is 28.6 Å². The lowest BCUT2D eigenvalue weighted by Gasteiger charge is -2.10. The van der Waals surface area contributed by atoms with Crippen LogP contribution < -0.4 is 5.69 Å². The lowest BCUT2D eigenvalue weighted by Crippen LogP contribution is -2.25. The third kappa shape index (κ3) is 4.92. The average molecular weight is 528 g/mol. The van der Waals surface area contributed by atoms with Gasteiger partial charge in [0.25, 0.3) is 0 Å². The van der Waals surface area contributed by atoms with Crippen molar-refractivity contribution in [2.45, 2.75) is 39.7 Å². The molecule has 3 aromatic heterocycles. The highest BCUT2D eigenvalue weighted by Crippen LogP contribution is 2.29. The van der Waals surface area contributed by atoms with E-state index in [4.69, 9.17) is 11.6 Å². The number of H-pyrrole nitrogens is 1. The Kier molecular flexibility index (Phi) is 7.28. The second kappa shape index (κ2) is 10.9. The van der Waals surface area contributed by atoms with Crippen LogP contribution in [0.2, 0.25) is 5.02 Å². The topological polar surface area (TPSA) is 111 Å². The first kappa shape index (κ1) is 25.3. The summed E-state index contributed by atoms with van der Waals surface area (Å²) in [7, 11) is 0. The standard InChI is InChI=1S/C28H26ClN7O2/c1-3-4-6-21-17-36(26-22(18(2)37)7-5-8-25(26)29)28(38)35(21)16-19-9-11-20(12-10-19)23-13-14-30-15-24(23)27-31-33-34-32-27/h5,7-15,17H,3-4,6,16H2,1-2H3,(H,31,32,33,34). The van der Waals surface area contributed by atoms with E-state index in [1.807, 2.05) is 36.5 Å². The van der Waals surface area contributed by atoms with Gasteiger partial charge < -0.3 is 0 Å². The Morgan fingerprint density at radius 1 is 1.08 bits per heavy atom. The first-order valence-electron chi connectivity index (χ1n) is 12.4. The molecule has 2 aromatic carbocycles. The van der Waals surface area contributed by atoms with Gasteiger partial charge in [-0.2, -0.15) is 0 Å². The van der Waals surface area contributed by atoms with Gasteiger partial charge in [0.2, 0.25) is 0 Å². The molecular weight excluding hydrogens is 502 g/mol. The Morgan fingerprint density at radius 3 is 2.61 bits per heavy atom. The number of tetrazole rings is 1. The van der Waals surface area contributed by atoms with Crippen LogP contribution in [0.5, 0.6) is 0 Å². The number of aromatic nitrogens is 7. The third-order valence-corrected chi connectivity index (χ3v) is 6.79. The molecule has 1 N–H and O–H groups in total. The minimum Gasteiger partial charge on any atom is -0.294 e. The molecule has 0 aliphatic rings. The van der Waals surface area contributed by atoms with Crippen LogP contribution in [0, 0.1) is 0 Å². The maximum atomic E-state index is 13.7. The number of rotatable bonds is 9. The number of halogens is 1. The van der Waals surface area contributed by atoms with E-state index >= 15 is 0 Å². The minimum absolute atomic E-state index is 0.149. The summed E-state index contributed by atoms with van der Waals surface area (Å²) >= 11 is 6.49. The van der Waals surface area contributed by atoms with E-state index in [1.54, 1.807) is 35.2 Å². The number of pyridine rings is 1. The number of carbonyl (C=O) groups excluding carboxylic acids is 1. The number of para-hydroxylation sites is 1. The van der Waals surface area contributed by atoms with E-state index in [9.17, 15) is 9.59 Å². The molecule has 5 aromatic rings. The molecule has 0 atom stereocenters. The third-order valence-electron chi connectivity index (χ3n) is 6.48. The van der Waals surface area contributed by atoms with Gasteiger partial charge in [-0.25, -0.2) is 9.89 Å². The Hall–Kier alpha value is -4.37. The number of hydrogen-bond donors (Lipinski definition) is 1. The van der Waals surface area contributed by atoms with Gasteiger partial charge in [-0.15, -0.1) is 5.10 Å². The fourth-order valence-corrected chi connectivity index (χ4v) is 4.80. The molecule has 0 aliphatic heterocycles. The van der Waals surface area contributed by atoms with Gasteiger partial charge in [0.15, 0.2) is 11.6 Å². The highest BCUT2D eigenvalue weighted by molar-refractivity contribution is 6.33. The minimum atomic E-state index is -0.231. The summed E-state index contributed by atoms with van der Waals surface area (Å²) in [5.74, 6) is 0.388. The zero-order valence-corrected chi connectivity index (χ0v) is 21.8. The van der Waals surface area contributed by atoms with Crippen molar-refractivity contribution in [2.75, 3.05) is 0 Å². The van der Waals surface area contributed by atoms with Crippen LogP contribution in [0.4, 0.5) is 0 Å². The molecule has 5 rings (SSSR count). The predicted octanol–water partition coefficient (Wildman–Crippen LogP) is 5.13. The molecule has 10 heteroatoms. The molecule has 0 amide bonds. The number of imidazole rings is 1. The van der Waals surface area contributed by atoms with E-state index in [-0.39, 0.29) is 11.5 Å². The summed E-state index contributed by atoms with van der Waals surface area (Å²) in [4.78, 5) is 30.2. The van der Waals surface area contributed by atoms with Crippen LogP contribution in [0.1, 0.15) is 48.3 Å². The van der Waals surface area contributed by atoms with Crippen molar-refractivity contribution in [3.05, 3.63) is 99.4 Å². The second-order valence-corrected chi connectivity index (χ2v) is 9.43. The summed E-state index contributed by atoms with van der Waals surface area (Å²) < 4.78 is 3.27. The lowest BCUT2D eigenvalue weighted by atomic mass is 10.00. The van der Waals surface area contributed by atoms with E-state index < -0.39 is 0 Å². The summed E-state index contributed by atoms with van der Waals surface area (Å²) in [6, 6.07) is 15.0. The van der Waals surface area contributed by atoms with Gasteiger partial charge >= 0.3 is 5.69 Å². The van der Waals surface area contributed by atoms with Crippen molar-refractivity contribution in [2.24, 2.45) is 0 Å². The Balaban J connectivity index is 1.51. The van der Waals surface area contributed by atoms with E-state index in [0.717, 1.165) is 47.2 Å². The van der Waals surface area contributed by atoms with Crippen LogP contribution in [-0.2, 0) is 13.0 Å². The predicted molar refractivity (Wildman–Crippen MR) is 146 cm³/mol. The van der Waals surface area contributed by atoms with Gasteiger partial charge in [-0.1, -0.05) is 55.3 Å². The number of unbranched alkanes of at least 4 members (excludes halogenated alkanes) is 1. The average Bonchev–Trinajstić information content (AvgIpc) is 3.57. The summed E-state index contributed by atoms with van der Waals surface area (Å²) in [5.41, 5.74) is 5.17. The van der Waals surface area contributed by atoms with Gasteiger partial charge in [-0.05, 0) is 65.1 Å². The Labute approximate surface area is 224 Å². The highest BCUT2D eigenvalue weighted by atomic mass is 35.5. The number of nitrogens with one attached hydrogen (secondary N) is 1. The first-order chi connectivity index (χ1) is 18.5. The number of ketones is 1. The molecule has 0 radical (unpaired) electrons. The molecular formula is C28H26ClN7O2. The van der Waals surface area contributed by atoms with Crippen molar-refractivity contribution < 1.29 is 4.79 Å². The highest BCUT2D eigenvalue weighted by Gasteiger charge is 2.19. The van der Waals surface area contributed by atoms with Crippen molar-refractivity contribution in [1.82, 2.24) is 34.7 Å². The number of hydrogen-bond acceptors (Lipinski definition) is 6. The smallest absolute Gasteiger partial charge is 0.294 e. The van der Waals surface area contributed by atoms with Crippen LogP contribution in [0.25, 0.3) is 28.2 Å². The molecule has 38 heavy (non-hydrogen) atoms. The fraction of sp³-hybridized carbons (Fsp3) is 0.214. The second-order valence-electron chi connectivity index (χ2n) is 9.02. The number of Topliss-reactive ketones (excluding diaryl/α,β-unsaturated/α-hetero) is 1. The number of nitrogens with zero attached hydrogens (tertiary/aromatic N) is 6. The van der Waals surface area contributed by atoms with Gasteiger partial charge in [0.05, 0.1) is 17.3 Å². The van der Waals surface area contributed by atoms with Crippen molar-refractivity contribution in [3.63, 3.8) is 0 Å². The largest absolute Gasteiger partial charge is 0.333 e. The Morgan fingerprint density at radius 2 is 1.89 bits per heavy atom. The maximum Gasteiger partial charge on any atom is 0.333 e. The molecule has 3 heterocycles. The molecule has 0 aliphatic carbocycles. The quantitative estimate of drug-likeness (QED) is 0.266. The molecule has 0 saturated heterocycles. The summed E-state index contributed by atoms with van der Waals surface area (Å²) in [6.45, 7) is 3.98. The van der Waals surface area contributed by atoms with Gasteiger partial charge in [0, 0.05) is 35.4 Å². The fourth-order valence-electron chi connectivity index (χ4n) is 4.54. The number of aromatic amines is 1. The number of benzene rings is 2. The monoisotopic (exact) mass is 527 g/mol. The molecule has 0 unspecified atom stereocenters. The maximum absolute atomic E-state index is 13.7. The molecule has 192 valence electrons. The number of aryl methyl sites for hydroxylation is 1. The van der Waals surface area contributed by atoms with Crippen LogP contribution in [0.3, 0.4) is 0 Å². The van der Waals surface area contributed by atoms with Gasteiger partial charge in [0.1, 0.15) is 0 Å². The first-order valence-corrected chi connectivity index (χ1v) is 12.7. The SMILES string of the molecule is CCCCc1cn(-c2c(Cl)cccc2C(C)=O)c(=O)n1Cc1ccc(-c2ccncc2-c2nnn[nH]2)cc1. The lowest BCUT2D eigenvalue weighted by molar-refractivity contribution is 0.101.